The normalized spacial score (nSPS) is 20.9. The molecule has 2 aromatic rings. The Morgan fingerprint density at radius 1 is 1.09 bits per heavy atom. The molecule has 1 amide bonds. The van der Waals surface area contributed by atoms with Crippen molar-refractivity contribution in [1.82, 2.24) is 20.2 Å². The molecule has 2 atom stereocenters. The number of nitrogens with zero attached hydrogens (tertiary/aromatic N) is 3. The number of hydrogen-bond acceptors (Lipinski definition) is 6. The predicted molar refractivity (Wildman–Crippen MR) is 116 cm³/mol. The van der Waals surface area contributed by atoms with Crippen LogP contribution in [-0.2, 0) is 6.18 Å². The van der Waals surface area contributed by atoms with Gasteiger partial charge in [0.1, 0.15) is 11.4 Å². The summed E-state index contributed by atoms with van der Waals surface area (Å²) < 4.78 is 40.7. The standard InChI is InChI=1S/C22H27F3N6O/c1-31(2)18-5-3-4-17(18)29-19-16(22(23,24)25)12-26-21(30-19)28-15-8-6-13(7-9-15)20(32)27-14-10-11-14/h6-9,12,14,17-18H,3-5,10-11H2,1-2H3,(H,27,32)(H2,26,28,29,30)/t17-,18-/m1/s1. The lowest BCUT2D eigenvalue weighted by Gasteiger charge is -2.28. The summed E-state index contributed by atoms with van der Waals surface area (Å²) in [6.45, 7) is 0. The van der Waals surface area contributed by atoms with E-state index in [0.29, 0.717) is 11.3 Å². The molecule has 1 aromatic carbocycles. The van der Waals surface area contributed by atoms with E-state index in [0.717, 1.165) is 38.3 Å². The second-order valence-corrected chi connectivity index (χ2v) is 8.62. The van der Waals surface area contributed by atoms with E-state index in [1.165, 1.54) is 0 Å². The van der Waals surface area contributed by atoms with Gasteiger partial charge < -0.3 is 20.9 Å². The van der Waals surface area contributed by atoms with Crippen molar-refractivity contribution in [2.75, 3.05) is 24.7 Å². The van der Waals surface area contributed by atoms with Crippen molar-refractivity contribution in [3.63, 3.8) is 0 Å². The van der Waals surface area contributed by atoms with Crippen molar-refractivity contribution in [3.05, 3.63) is 41.6 Å². The van der Waals surface area contributed by atoms with Crippen LogP contribution in [0.2, 0.25) is 0 Å². The molecule has 1 heterocycles. The average molecular weight is 448 g/mol. The van der Waals surface area contributed by atoms with Crippen LogP contribution in [0.3, 0.4) is 0 Å². The number of likely N-dealkylation sites (N-methyl/N-ethyl adjacent to an activating group) is 1. The fraction of sp³-hybridized carbons (Fsp3) is 0.500. The Morgan fingerprint density at radius 3 is 2.44 bits per heavy atom. The minimum absolute atomic E-state index is 0.0510. The van der Waals surface area contributed by atoms with E-state index in [2.05, 4.69) is 25.9 Å². The molecule has 0 unspecified atom stereocenters. The number of halogens is 3. The van der Waals surface area contributed by atoms with Gasteiger partial charge in [0.15, 0.2) is 0 Å². The van der Waals surface area contributed by atoms with Gasteiger partial charge in [0.25, 0.3) is 5.91 Å². The molecule has 2 aliphatic rings. The number of benzene rings is 1. The number of carbonyl (C=O) groups is 1. The number of hydrogen-bond donors (Lipinski definition) is 3. The van der Waals surface area contributed by atoms with E-state index in [1.807, 2.05) is 19.0 Å². The molecular weight excluding hydrogens is 421 g/mol. The van der Waals surface area contributed by atoms with E-state index in [-0.39, 0.29) is 35.8 Å². The van der Waals surface area contributed by atoms with E-state index >= 15 is 0 Å². The van der Waals surface area contributed by atoms with E-state index in [1.54, 1.807) is 24.3 Å². The highest BCUT2D eigenvalue weighted by atomic mass is 19.4. The Balaban J connectivity index is 1.51. The highest BCUT2D eigenvalue weighted by Crippen LogP contribution is 2.36. The third-order valence-electron chi connectivity index (χ3n) is 5.87. The molecule has 2 fully saturated rings. The summed E-state index contributed by atoms with van der Waals surface area (Å²) in [5, 5.41) is 8.86. The van der Waals surface area contributed by atoms with Crippen LogP contribution in [-0.4, -0.2) is 53.0 Å². The Kier molecular flexibility index (Phi) is 6.23. The molecule has 2 aliphatic carbocycles. The van der Waals surface area contributed by atoms with Crippen molar-refractivity contribution < 1.29 is 18.0 Å². The molecule has 0 bridgehead atoms. The molecule has 7 nitrogen and oxygen atoms in total. The first-order chi connectivity index (χ1) is 15.2. The maximum absolute atomic E-state index is 13.6. The van der Waals surface area contributed by atoms with Gasteiger partial charge in [-0.05, 0) is 70.5 Å². The maximum atomic E-state index is 13.6. The van der Waals surface area contributed by atoms with Gasteiger partial charge in [-0.25, -0.2) is 4.98 Å². The molecule has 172 valence electrons. The lowest BCUT2D eigenvalue weighted by atomic mass is 10.1. The summed E-state index contributed by atoms with van der Waals surface area (Å²) in [4.78, 5) is 22.1. The highest BCUT2D eigenvalue weighted by molar-refractivity contribution is 5.94. The van der Waals surface area contributed by atoms with Crippen LogP contribution in [0.25, 0.3) is 0 Å². The predicted octanol–water partition coefficient (Wildman–Crippen LogP) is 4.03. The monoisotopic (exact) mass is 448 g/mol. The van der Waals surface area contributed by atoms with Crippen LogP contribution in [0.4, 0.5) is 30.6 Å². The number of anilines is 3. The van der Waals surface area contributed by atoms with Crippen molar-refractivity contribution in [3.8, 4) is 0 Å². The van der Waals surface area contributed by atoms with Gasteiger partial charge in [0.05, 0.1) is 0 Å². The first-order valence-corrected chi connectivity index (χ1v) is 10.8. The summed E-state index contributed by atoms with van der Waals surface area (Å²) in [7, 11) is 3.85. The molecule has 3 N–H and O–H groups in total. The minimum Gasteiger partial charge on any atom is -0.365 e. The zero-order valence-electron chi connectivity index (χ0n) is 18.0. The van der Waals surface area contributed by atoms with Gasteiger partial charge in [0.2, 0.25) is 5.95 Å². The third-order valence-corrected chi connectivity index (χ3v) is 5.87. The average Bonchev–Trinajstić information content (AvgIpc) is 3.42. The van der Waals surface area contributed by atoms with Gasteiger partial charge in [-0.2, -0.15) is 18.2 Å². The van der Waals surface area contributed by atoms with Gasteiger partial charge in [-0.3, -0.25) is 4.79 Å². The number of alkyl halides is 3. The second-order valence-electron chi connectivity index (χ2n) is 8.62. The van der Waals surface area contributed by atoms with E-state index in [4.69, 9.17) is 0 Å². The first-order valence-electron chi connectivity index (χ1n) is 10.8. The quantitative estimate of drug-likeness (QED) is 0.594. The molecule has 0 spiro atoms. The maximum Gasteiger partial charge on any atom is 0.421 e. The summed E-state index contributed by atoms with van der Waals surface area (Å²) in [5.41, 5.74) is 0.208. The van der Waals surface area contributed by atoms with Gasteiger partial charge in [-0.15, -0.1) is 0 Å². The molecule has 1 aromatic heterocycles. The molecule has 32 heavy (non-hydrogen) atoms. The number of rotatable bonds is 7. The molecule has 0 saturated heterocycles. The van der Waals surface area contributed by atoms with Crippen molar-refractivity contribution in [1.29, 1.82) is 0 Å². The van der Waals surface area contributed by atoms with Crippen LogP contribution < -0.4 is 16.0 Å². The number of aromatic nitrogens is 2. The summed E-state index contributed by atoms with van der Waals surface area (Å²) >= 11 is 0. The minimum atomic E-state index is -4.57. The lowest BCUT2D eigenvalue weighted by Crippen LogP contribution is -2.39. The lowest BCUT2D eigenvalue weighted by molar-refractivity contribution is -0.137. The summed E-state index contributed by atoms with van der Waals surface area (Å²) in [6.07, 6.45) is 0.879. The molecule has 2 saturated carbocycles. The smallest absolute Gasteiger partial charge is 0.365 e. The Bertz CT molecular complexity index is 959. The Morgan fingerprint density at radius 2 is 1.81 bits per heavy atom. The summed E-state index contributed by atoms with van der Waals surface area (Å²) in [6, 6.07) is 6.94. The number of nitrogens with one attached hydrogen (secondary N) is 3. The van der Waals surface area contributed by atoms with Crippen LogP contribution in [0.15, 0.2) is 30.5 Å². The third kappa shape index (κ3) is 5.29. The van der Waals surface area contributed by atoms with Crippen LogP contribution in [0.1, 0.15) is 48.0 Å². The Hall–Kier alpha value is -2.88. The largest absolute Gasteiger partial charge is 0.421 e. The zero-order chi connectivity index (χ0) is 22.9. The van der Waals surface area contributed by atoms with E-state index < -0.39 is 11.7 Å². The van der Waals surface area contributed by atoms with E-state index in [9.17, 15) is 18.0 Å². The highest BCUT2D eigenvalue weighted by Gasteiger charge is 2.37. The van der Waals surface area contributed by atoms with Gasteiger partial charge in [-0.1, -0.05) is 0 Å². The van der Waals surface area contributed by atoms with Gasteiger partial charge in [0, 0.05) is 35.6 Å². The van der Waals surface area contributed by atoms with Crippen LogP contribution in [0.5, 0.6) is 0 Å². The second kappa shape index (κ2) is 8.93. The molecular formula is C22H27F3N6O. The molecule has 0 aliphatic heterocycles. The number of amides is 1. The zero-order valence-corrected chi connectivity index (χ0v) is 18.0. The first kappa shape index (κ1) is 22.3. The fourth-order valence-electron chi connectivity index (χ4n) is 3.99. The topological polar surface area (TPSA) is 82.2 Å². The SMILES string of the molecule is CN(C)[C@@H]1CCC[C@H]1Nc1nc(Nc2ccc(C(=O)NC3CC3)cc2)ncc1C(F)(F)F. The van der Waals surface area contributed by atoms with Crippen molar-refractivity contribution >= 4 is 23.4 Å². The molecule has 0 radical (unpaired) electrons. The summed E-state index contributed by atoms with van der Waals surface area (Å²) in [5.74, 6) is -0.312. The van der Waals surface area contributed by atoms with Crippen LogP contribution >= 0.6 is 0 Å². The Labute approximate surface area is 184 Å². The van der Waals surface area contributed by atoms with Crippen LogP contribution in [0, 0.1) is 0 Å². The fourth-order valence-corrected chi connectivity index (χ4v) is 3.99. The molecule has 10 heteroatoms. The number of carbonyl (C=O) groups excluding carboxylic acids is 1. The van der Waals surface area contributed by atoms with Crippen molar-refractivity contribution in [2.24, 2.45) is 0 Å². The van der Waals surface area contributed by atoms with Gasteiger partial charge >= 0.3 is 6.18 Å². The molecule has 4 rings (SSSR count). The van der Waals surface area contributed by atoms with Crippen molar-refractivity contribution in [2.45, 2.75) is 56.4 Å².